The van der Waals surface area contributed by atoms with E-state index in [1.165, 1.54) is 0 Å². The first-order chi connectivity index (χ1) is 9.63. The number of carbonyl (C=O) groups excluding carboxylic acids is 1. The normalized spacial score (nSPS) is 28.9. The molecule has 2 fully saturated rings. The molecule has 6 heteroatoms. The molecule has 3 rings (SSSR count). The zero-order valence-electron chi connectivity index (χ0n) is 11.6. The lowest BCUT2D eigenvalue weighted by Crippen LogP contribution is -2.32. The number of thioether (sulfide) groups is 1. The number of aromatic nitrogens is 1. The number of hydrogen-bond acceptors (Lipinski definition) is 5. The standard InChI is InChI=1S/C14H20N2O2S2/c1-9-15-11(7-20-9)6-19-8-14(18)16-4-10-2-3-13(17)12(10)5-16/h7,10,12-13,17H,2-6,8H2,1H3. The molecule has 2 aliphatic rings. The second-order valence-corrected chi connectivity index (χ2v) is 7.77. The highest BCUT2D eigenvalue weighted by Gasteiger charge is 2.43. The minimum Gasteiger partial charge on any atom is -0.393 e. The fourth-order valence-electron chi connectivity index (χ4n) is 3.25. The maximum Gasteiger partial charge on any atom is 0.232 e. The molecule has 4 nitrogen and oxygen atoms in total. The first-order valence-electron chi connectivity index (χ1n) is 7.08. The van der Waals surface area contributed by atoms with Gasteiger partial charge >= 0.3 is 0 Å². The molecule has 110 valence electrons. The molecule has 0 spiro atoms. The number of likely N-dealkylation sites (tertiary alicyclic amines) is 1. The minimum atomic E-state index is -0.191. The molecular formula is C14H20N2O2S2. The summed E-state index contributed by atoms with van der Waals surface area (Å²) in [5.74, 6) is 2.39. The molecule has 1 aliphatic carbocycles. The van der Waals surface area contributed by atoms with Gasteiger partial charge in [-0.05, 0) is 25.7 Å². The van der Waals surface area contributed by atoms with Crippen LogP contribution in [-0.2, 0) is 10.5 Å². The Labute approximate surface area is 127 Å². The summed E-state index contributed by atoms with van der Waals surface area (Å²) in [6.07, 6.45) is 1.79. The third-order valence-corrected chi connectivity index (χ3v) is 6.09. The summed E-state index contributed by atoms with van der Waals surface area (Å²) in [4.78, 5) is 18.5. The summed E-state index contributed by atoms with van der Waals surface area (Å²) in [7, 11) is 0. The van der Waals surface area contributed by atoms with Gasteiger partial charge in [0, 0.05) is 30.1 Å². The van der Waals surface area contributed by atoms with Gasteiger partial charge in [0.2, 0.25) is 5.91 Å². The summed E-state index contributed by atoms with van der Waals surface area (Å²) in [5.41, 5.74) is 1.07. The van der Waals surface area contributed by atoms with E-state index in [9.17, 15) is 9.90 Å². The van der Waals surface area contributed by atoms with Crippen molar-refractivity contribution in [2.45, 2.75) is 31.6 Å². The molecule has 1 aromatic heterocycles. The van der Waals surface area contributed by atoms with Gasteiger partial charge in [-0.1, -0.05) is 0 Å². The molecule has 1 aliphatic heterocycles. The van der Waals surface area contributed by atoms with Crippen molar-refractivity contribution in [3.05, 3.63) is 16.1 Å². The van der Waals surface area contributed by atoms with Crippen LogP contribution >= 0.6 is 23.1 Å². The molecule has 1 saturated carbocycles. The van der Waals surface area contributed by atoms with Crippen molar-refractivity contribution in [3.8, 4) is 0 Å². The maximum atomic E-state index is 12.2. The van der Waals surface area contributed by atoms with Crippen LogP contribution < -0.4 is 0 Å². The van der Waals surface area contributed by atoms with Crippen molar-refractivity contribution >= 4 is 29.0 Å². The van der Waals surface area contributed by atoms with Crippen molar-refractivity contribution in [1.82, 2.24) is 9.88 Å². The van der Waals surface area contributed by atoms with E-state index in [1.54, 1.807) is 23.1 Å². The van der Waals surface area contributed by atoms with Crippen LogP contribution in [0.1, 0.15) is 23.5 Å². The summed E-state index contributed by atoms with van der Waals surface area (Å²) in [5, 5.41) is 13.0. The summed E-state index contributed by atoms with van der Waals surface area (Å²) < 4.78 is 0. The lowest BCUT2D eigenvalue weighted by molar-refractivity contribution is -0.127. The van der Waals surface area contributed by atoms with Crippen molar-refractivity contribution in [1.29, 1.82) is 0 Å². The number of rotatable bonds is 4. The van der Waals surface area contributed by atoms with Crippen LogP contribution in [0.25, 0.3) is 0 Å². The first-order valence-corrected chi connectivity index (χ1v) is 9.11. The summed E-state index contributed by atoms with van der Waals surface area (Å²) >= 11 is 3.29. The summed E-state index contributed by atoms with van der Waals surface area (Å²) in [6, 6.07) is 0. The largest absolute Gasteiger partial charge is 0.393 e. The molecular weight excluding hydrogens is 292 g/mol. The molecule has 3 unspecified atom stereocenters. The van der Waals surface area contributed by atoms with Crippen LogP contribution in [0.2, 0.25) is 0 Å². The number of aliphatic hydroxyl groups is 1. The third-order valence-electron chi connectivity index (χ3n) is 4.31. The Hall–Kier alpha value is -0.590. The highest BCUT2D eigenvalue weighted by Crippen LogP contribution is 2.38. The highest BCUT2D eigenvalue weighted by molar-refractivity contribution is 7.99. The number of nitrogens with zero attached hydrogens (tertiary/aromatic N) is 2. The zero-order chi connectivity index (χ0) is 14.1. The molecule has 0 radical (unpaired) electrons. The van der Waals surface area contributed by atoms with Gasteiger partial charge in [0.25, 0.3) is 0 Å². The van der Waals surface area contributed by atoms with Gasteiger partial charge in [0.15, 0.2) is 0 Å². The predicted molar refractivity (Wildman–Crippen MR) is 81.8 cm³/mol. The Morgan fingerprint density at radius 1 is 1.55 bits per heavy atom. The van der Waals surface area contributed by atoms with E-state index in [1.807, 2.05) is 11.8 Å². The molecule has 1 aromatic rings. The van der Waals surface area contributed by atoms with Gasteiger partial charge < -0.3 is 10.0 Å². The Balaban J connectivity index is 1.44. The highest BCUT2D eigenvalue weighted by atomic mass is 32.2. The zero-order valence-corrected chi connectivity index (χ0v) is 13.3. The first kappa shape index (κ1) is 14.4. The molecule has 0 aromatic carbocycles. The second-order valence-electron chi connectivity index (χ2n) is 5.72. The number of fused-ring (bicyclic) bond motifs is 1. The van der Waals surface area contributed by atoms with E-state index in [4.69, 9.17) is 0 Å². The van der Waals surface area contributed by atoms with Crippen molar-refractivity contribution in [2.24, 2.45) is 11.8 Å². The SMILES string of the molecule is Cc1nc(CSCC(=O)N2CC3CCC(O)C3C2)cs1. The van der Waals surface area contributed by atoms with Crippen LogP contribution in [0.3, 0.4) is 0 Å². The third kappa shape index (κ3) is 3.02. The minimum absolute atomic E-state index is 0.191. The topological polar surface area (TPSA) is 53.4 Å². The van der Waals surface area contributed by atoms with Crippen molar-refractivity contribution < 1.29 is 9.90 Å². The number of aliphatic hydroxyl groups excluding tert-OH is 1. The van der Waals surface area contributed by atoms with E-state index in [0.29, 0.717) is 17.6 Å². The van der Waals surface area contributed by atoms with E-state index in [2.05, 4.69) is 10.4 Å². The van der Waals surface area contributed by atoms with Crippen molar-refractivity contribution in [2.75, 3.05) is 18.8 Å². The smallest absolute Gasteiger partial charge is 0.232 e. The van der Waals surface area contributed by atoms with Crippen LogP contribution in [-0.4, -0.2) is 45.8 Å². The molecule has 1 saturated heterocycles. The predicted octanol–water partition coefficient (Wildman–Crippen LogP) is 1.91. The number of amides is 1. The van der Waals surface area contributed by atoms with Gasteiger partial charge in [-0.3, -0.25) is 4.79 Å². The van der Waals surface area contributed by atoms with E-state index in [-0.39, 0.29) is 12.0 Å². The lowest BCUT2D eigenvalue weighted by Gasteiger charge is -2.18. The molecule has 3 atom stereocenters. The van der Waals surface area contributed by atoms with Crippen LogP contribution in [0.5, 0.6) is 0 Å². The Kier molecular flexibility index (Phi) is 4.33. The average Bonchev–Trinajstić information content (AvgIpc) is 3.08. The van der Waals surface area contributed by atoms with Gasteiger partial charge in [-0.2, -0.15) is 0 Å². The van der Waals surface area contributed by atoms with E-state index >= 15 is 0 Å². The molecule has 2 heterocycles. The Morgan fingerprint density at radius 3 is 3.10 bits per heavy atom. The monoisotopic (exact) mass is 312 g/mol. The Bertz CT molecular complexity index is 491. The number of hydrogen-bond donors (Lipinski definition) is 1. The average molecular weight is 312 g/mol. The van der Waals surface area contributed by atoms with Gasteiger partial charge in [0.1, 0.15) is 0 Å². The number of carbonyl (C=O) groups is 1. The fourth-order valence-corrected chi connectivity index (χ4v) is 4.78. The van der Waals surface area contributed by atoms with E-state index < -0.39 is 0 Å². The molecule has 1 N–H and O–H groups in total. The Morgan fingerprint density at radius 2 is 2.40 bits per heavy atom. The molecule has 1 amide bonds. The van der Waals surface area contributed by atoms with Crippen molar-refractivity contribution in [3.63, 3.8) is 0 Å². The van der Waals surface area contributed by atoms with Gasteiger partial charge in [-0.25, -0.2) is 4.98 Å². The molecule has 0 bridgehead atoms. The van der Waals surface area contributed by atoms with Crippen LogP contribution in [0, 0.1) is 18.8 Å². The quantitative estimate of drug-likeness (QED) is 0.923. The summed E-state index contributed by atoms with van der Waals surface area (Å²) in [6.45, 7) is 3.59. The number of thiazole rings is 1. The van der Waals surface area contributed by atoms with Crippen LogP contribution in [0.4, 0.5) is 0 Å². The lowest BCUT2D eigenvalue weighted by atomic mass is 10.00. The fraction of sp³-hybridized carbons (Fsp3) is 0.714. The van der Waals surface area contributed by atoms with Gasteiger partial charge in [-0.15, -0.1) is 23.1 Å². The second kappa shape index (κ2) is 6.03. The maximum absolute atomic E-state index is 12.2. The van der Waals surface area contributed by atoms with Crippen LogP contribution in [0.15, 0.2) is 5.38 Å². The van der Waals surface area contributed by atoms with Gasteiger partial charge in [0.05, 0.1) is 22.6 Å². The molecule has 20 heavy (non-hydrogen) atoms. The number of aryl methyl sites for hydroxylation is 1. The van der Waals surface area contributed by atoms with E-state index in [0.717, 1.165) is 42.4 Å².